The van der Waals surface area contributed by atoms with Crippen molar-refractivity contribution in [3.63, 3.8) is 0 Å². The molecule has 2 N–H and O–H groups in total. The summed E-state index contributed by atoms with van der Waals surface area (Å²) >= 11 is 1.49. The van der Waals surface area contributed by atoms with Crippen molar-refractivity contribution >= 4 is 11.8 Å². The second kappa shape index (κ2) is 4.26. The van der Waals surface area contributed by atoms with Gasteiger partial charge in [0.05, 0.1) is 12.0 Å². The summed E-state index contributed by atoms with van der Waals surface area (Å²) in [5, 5.41) is 0. The highest BCUT2D eigenvalue weighted by Crippen LogP contribution is 2.40. The summed E-state index contributed by atoms with van der Waals surface area (Å²) in [5.74, 6) is 0.551. The van der Waals surface area contributed by atoms with Crippen LogP contribution in [-0.4, -0.2) is 18.9 Å². The van der Waals surface area contributed by atoms with Crippen LogP contribution in [0.25, 0.3) is 0 Å². The van der Waals surface area contributed by atoms with E-state index in [2.05, 4.69) is 0 Å². The first-order valence-electron chi connectivity index (χ1n) is 5.27. The number of rotatable bonds is 4. The average molecular weight is 241 g/mol. The largest absolute Gasteiger partial charge is 0.495 e. The number of benzene rings is 1. The van der Waals surface area contributed by atoms with Crippen molar-refractivity contribution in [2.75, 3.05) is 13.4 Å². The molecule has 0 unspecified atom stereocenters. The van der Waals surface area contributed by atoms with Crippen molar-refractivity contribution in [3.8, 4) is 5.75 Å². The molecule has 0 amide bonds. The van der Waals surface area contributed by atoms with Gasteiger partial charge in [0.2, 0.25) is 0 Å². The lowest BCUT2D eigenvalue weighted by atomic mass is 10.0. The third-order valence-corrected chi connectivity index (χ3v) is 3.70. The lowest BCUT2D eigenvalue weighted by Gasteiger charge is -2.15. The predicted molar refractivity (Wildman–Crippen MR) is 64.6 cm³/mol. The zero-order valence-corrected chi connectivity index (χ0v) is 10.4. The van der Waals surface area contributed by atoms with Gasteiger partial charge in [0.25, 0.3) is 0 Å². The molecule has 0 radical (unpaired) electrons. The molecule has 2 nitrogen and oxygen atoms in total. The standard InChI is InChI=1S/C12H16FNOS/c1-15-11-8(7-12(14)3-4-12)5-9(13)6-10(11)16-2/h5-6H,3-4,7,14H2,1-2H3. The maximum Gasteiger partial charge on any atom is 0.135 e. The number of hydrogen-bond donors (Lipinski definition) is 1. The average Bonchev–Trinajstić information content (AvgIpc) is 2.95. The fourth-order valence-electron chi connectivity index (χ4n) is 1.85. The summed E-state index contributed by atoms with van der Waals surface area (Å²) in [4.78, 5) is 0.835. The van der Waals surface area contributed by atoms with Crippen LogP contribution in [0, 0.1) is 5.82 Å². The predicted octanol–water partition coefficient (Wildman–Crippen LogP) is 2.59. The fourth-order valence-corrected chi connectivity index (χ4v) is 2.48. The number of nitrogens with two attached hydrogens (primary N) is 1. The lowest BCUT2D eigenvalue weighted by molar-refractivity contribution is 0.395. The van der Waals surface area contributed by atoms with Gasteiger partial charge in [0, 0.05) is 5.54 Å². The first-order valence-corrected chi connectivity index (χ1v) is 6.50. The van der Waals surface area contributed by atoms with E-state index in [0.29, 0.717) is 6.42 Å². The molecule has 4 heteroatoms. The van der Waals surface area contributed by atoms with Gasteiger partial charge in [-0.25, -0.2) is 4.39 Å². The monoisotopic (exact) mass is 241 g/mol. The topological polar surface area (TPSA) is 35.2 Å². The van der Waals surface area contributed by atoms with Gasteiger partial charge < -0.3 is 10.5 Å². The Bertz CT molecular complexity index is 404. The van der Waals surface area contributed by atoms with Gasteiger partial charge in [-0.15, -0.1) is 11.8 Å². The van der Waals surface area contributed by atoms with Gasteiger partial charge in [-0.3, -0.25) is 0 Å². The van der Waals surface area contributed by atoms with Gasteiger partial charge in [-0.2, -0.15) is 0 Å². The Morgan fingerprint density at radius 3 is 2.69 bits per heavy atom. The van der Waals surface area contributed by atoms with Crippen LogP contribution in [0.2, 0.25) is 0 Å². The molecule has 1 saturated carbocycles. The van der Waals surface area contributed by atoms with Crippen LogP contribution < -0.4 is 10.5 Å². The van der Waals surface area contributed by atoms with E-state index in [-0.39, 0.29) is 11.4 Å². The SMILES string of the molecule is COc1c(CC2(N)CC2)cc(F)cc1SC. The summed E-state index contributed by atoms with van der Waals surface area (Å²) in [6.07, 6.45) is 4.64. The van der Waals surface area contributed by atoms with Crippen molar-refractivity contribution in [1.82, 2.24) is 0 Å². The zero-order chi connectivity index (χ0) is 11.8. The Labute approximate surface area is 99.4 Å². The third kappa shape index (κ3) is 2.33. The molecule has 1 aromatic carbocycles. The number of hydrogen-bond acceptors (Lipinski definition) is 3. The fraction of sp³-hybridized carbons (Fsp3) is 0.500. The molecular formula is C12H16FNOS. The van der Waals surface area contributed by atoms with E-state index in [0.717, 1.165) is 29.1 Å². The molecular weight excluding hydrogens is 225 g/mol. The summed E-state index contributed by atoms with van der Waals surface area (Å²) in [6.45, 7) is 0. The molecule has 0 atom stereocenters. The van der Waals surface area contributed by atoms with E-state index in [1.165, 1.54) is 23.9 Å². The minimum absolute atomic E-state index is 0.128. The molecule has 0 saturated heterocycles. The van der Waals surface area contributed by atoms with Crippen molar-refractivity contribution in [2.24, 2.45) is 5.73 Å². The van der Waals surface area contributed by atoms with Crippen LogP contribution >= 0.6 is 11.8 Å². The van der Waals surface area contributed by atoms with E-state index >= 15 is 0 Å². The van der Waals surface area contributed by atoms with Crippen LogP contribution in [0.15, 0.2) is 17.0 Å². The first-order chi connectivity index (χ1) is 7.58. The van der Waals surface area contributed by atoms with Crippen molar-refractivity contribution in [3.05, 3.63) is 23.5 Å². The second-order valence-electron chi connectivity index (χ2n) is 4.34. The van der Waals surface area contributed by atoms with Crippen LogP contribution in [0.5, 0.6) is 5.75 Å². The summed E-state index contributed by atoms with van der Waals surface area (Å²) < 4.78 is 18.8. The zero-order valence-electron chi connectivity index (χ0n) is 9.55. The number of methoxy groups -OCH3 is 1. The van der Waals surface area contributed by atoms with Crippen molar-refractivity contribution in [2.45, 2.75) is 29.7 Å². The maximum atomic E-state index is 13.4. The van der Waals surface area contributed by atoms with E-state index in [9.17, 15) is 4.39 Å². The molecule has 0 aromatic heterocycles. The molecule has 16 heavy (non-hydrogen) atoms. The summed E-state index contributed by atoms with van der Waals surface area (Å²) in [5.41, 5.74) is 6.81. The molecule has 1 aromatic rings. The van der Waals surface area contributed by atoms with E-state index in [1.807, 2.05) is 6.26 Å². The molecule has 1 aliphatic rings. The van der Waals surface area contributed by atoms with Crippen molar-refractivity contribution in [1.29, 1.82) is 0 Å². The molecule has 0 heterocycles. The first kappa shape index (κ1) is 11.7. The number of halogens is 1. The highest BCUT2D eigenvalue weighted by Gasteiger charge is 2.39. The minimum Gasteiger partial charge on any atom is -0.495 e. The molecule has 1 aliphatic carbocycles. The molecule has 1 fully saturated rings. The Kier molecular flexibility index (Phi) is 3.13. The number of ether oxygens (including phenoxy) is 1. The molecule has 0 aliphatic heterocycles. The van der Waals surface area contributed by atoms with Crippen LogP contribution in [0.3, 0.4) is 0 Å². The van der Waals surface area contributed by atoms with Gasteiger partial charge in [0.1, 0.15) is 11.6 Å². The Morgan fingerprint density at radius 2 is 2.19 bits per heavy atom. The van der Waals surface area contributed by atoms with Gasteiger partial charge >= 0.3 is 0 Å². The van der Waals surface area contributed by atoms with E-state index in [1.54, 1.807) is 7.11 Å². The van der Waals surface area contributed by atoms with Crippen LogP contribution in [-0.2, 0) is 6.42 Å². The second-order valence-corrected chi connectivity index (χ2v) is 5.19. The van der Waals surface area contributed by atoms with Gasteiger partial charge in [-0.05, 0) is 43.2 Å². The van der Waals surface area contributed by atoms with Crippen molar-refractivity contribution < 1.29 is 9.13 Å². The van der Waals surface area contributed by atoms with Crippen LogP contribution in [0.4, 0.5) is 4.39 Å². The van der Waals surface area contributed by atoms with Crippen LogP contribution in [0.1, 0.15) is 18.4 Å². The molecule has 2 rings (SSSR count). The highest BCUT2D eigenvalue weighted by molar-refractivity contribution is 7.98. The maximum absolute atomic E-state index is 13.4. The van der Waals surface area contributed by atoms with E-state index in [4.69, 9.17) is 10.5 Å². The van der Waals surface area contributed by atoms with Gasteiger partial charge in [0.15, 0.2) is 0 Å². The smallest absolute Gasteiger partial charge is 0.135 e. The molecule has 0 bridgehead atoms. The molecule has 88 valence electrons. The Balaban J connectivity index is 2.37. The van der Waals surface area contributed by atoms with E-state index < -0.39 is 0 Å². The normalized spacial score (nSPS) is 17.2. The Morgan fingerprint density at radius 1 is 1.50 bits per heavy atom. The van der Waals surface area contributed by atoms with Gasteiger partial charge in [-0.1, -0.05) is 0 Å². The molecule has 0 spiro atoms. The minimum atomic E-state index is -0.218. The summed E-state index contributed by atoms with van der Waals surface area (Å²) in [6, 6.07) is 3.04. The summed E-state index contributed by atoms with van der Waals surface area (Å²) in [7, 11) is 1.62. The third-order valence-electron chi connectivity index (χ3n) is 2.96. The number of thioether (sulfide) groups is 1. The quantitative estimate of drug-likeness (QED) is 0.823. The Hall–Kier alpha value is -0.740. The highest BCUT2D eigenvalue weighted by atomic mass is 32.2. The lowest BCUT2D eigenvalue weighted by Crippen LogP contribution is -2.24.